The number of carbonyl (C=O) groups excluding carboxylic acids is 1. The largest absolute Gasteiger partial charge is 0.396 e. The maximum atomic E-state index is 11.8. The summed E-state index contributed by atoms with van der Waals surface area (Å²) in [7, 11) is 1.71. The van der Waals surface area contributed by atoms with Crippen molar-refractivity contribution in [1.82, 2.24) is 15.1 Å². The van der Waals surface area contributed by atoms with E-state index in [4.69, 9.17) is 5.73 Å². The number of hydrogen-bond donors (Lipinski definition) is 3. The van der Waals surface area contributed by atoms with Gasteiger partial charge in [0.25, 0.3) is 5.91 Å². The predicted molar refractivity (Wildman–Crippen MR) is 63.4 cm³/mol. The highest BCUT2D eigenvalue weighted by Crippen LogP contribution is 2.28. The molecule has 6 heteroatoms. The summed E-state index contributed by atoms with van der Waals surface area (Å²) in [5.41, 5.74) is 5.47. The van der Waals surface area contributed by atoms with Gasteiger partial charge in [0.15, 0.2) is 5.69 Å². The Kier molecular flexibility index (Phi) is 3.06. The molecular weight excluding hydrogens is 220 g/mol. The third-order valence-corrected chi connectivity index (χ3v) is 3.18. The molecule has 0 aromatic carbocycles. The van der Waals surface area contributed by atoms with Crippen molar-refractivity contribution in [1.29, 1.82) is 0 Å². The monoisotopic (exact) mass is 238 g/mol. The number of nitrogens with zero attached hydrogens (tertiary/aromatic N) is 2. The van der Waals surface area contributed by atoms with E-state index in [1.165, 1.54) is 4.68 Å². The van der Waals surface area contributed by atoms with E-state index in [0.29, 0.717) is 5.69 Å². The number of anilines is 1. The molecule has 1 aromatic rings. The smallest absolute Gasteiger partial charge is 0.274 e. The molecule has 6 nitrogen and oxygen atoms in total. The Morgan fingerprint density at radius 1 is 1.65 bits per heavy atom. The average Bonchev–Trinajstić information content (AvgIpc) is 2.83. The van der Waals surface area contributed by atoms with Gasteiger partial charge < -0.3 is 16.2 Å². The Bertz CT molecular complexity index is 421. The number of nitrogens with two attached hydrogens (primary N) is 1. The van der Waals surface area contributed by atoms with Gasteiger partial charge in [0.2, 0.25) is 0 Å². The molecule has 94 valence electrons. The molecule has 4 N–H and O–H groups in total. The standard InChI is InChI=1S/C11H18N4O2/c1-15-6-8(12)9(14-15)10(16)13-7-11(17)4-2-3-5-11/h6,17H,2-5,7,12H2,1H3,(H,13,16). The molecule has 2 rings (SSSR count). The van der Waals surface area contributed by atoms with Crippen LogP contribution in [0, 0.1) is 0 Å². The van der Waals surface area contributed by atoms with Crippen LogP contribution in [0.4, 0.5) is 5.69 Å². The highest BCUT2D eigenvalue weighted by Gasteiger charge is 2.31. The van der Waals surface area contributed by atoms with E-state index in [2.05, 4.69) is 10.4 Å². The van der Waals surface area contributed by atoms with Crippen LogP contribution >= 0.6 is 0 Å². The van der Waals surface area contributed by atoms with Gasteiger partial charge in [-0.1, -0.05) is 12.8 Å². The van der Waals surface area contributed by atoms with E-state index >= 15 is 0 Å². The van der Waals surface area contributed by atoms with Gasteiger partial charge in [-0.3, -0.25) is 9.48 Å². The minimum absolute atomic E-state index is 0.217. The minimum atomic E-state index is -0.751. The third-order valence-electron chi connectivity index (χ3n) is 3.18. The summed E-state index contributed by atoms with van der Waals surface area (Å²) >= 11 is 0. The zero-order chi connectivity index (χ0) is 12.5. The molecular formula is C11H18N4O2. The Hall–Kier alpha value is -1.56. The van der Waals surface area contributed by atoms with Gasteiger partial charge in [-0.25, -0.2) is 0 Å². The summed E-state index contributed by atoms with van der Waals surface area (Å²) in [4.78, 5) is 11.8. The first-order chi connectivity index (χ1) is 8.00. The molecule has 1 amide bonds. The van der Waals surface area contributed by atoms with Crippen molar-refractivity contribution in [2.45, 2.75) is 31.3 Å². The second-order valence-electron chi connectivity index (χ2n) is 4.72. The number of nitrogen functional groups attached to an aromatic ring is 1. The van der Waals surface area contributed by atoms with Crippen LogP contribution in [0.5, 0.6) is 0 Å². The lowest BCUT2D eigenvalue weighted by Crippen LogP contribution is -2.41. The Labute approximate surface area is 99.8 Å². The fourth-order valence-corrected chi connectivity index (χ4v) is 2.22. The summed E-state index contributed by atoms with van der Waals surface area (Å²) in [6.45, 7) is 0.266. The van der Waals surface area contributed by atoms with Crippen molar-refractivity contribution in [2.75, 3.05) is 12.3 Å². The number of carbonyl (C=O) groups is 1. The normalized spacial score (nSPS) is 18.2. The van der Waals surface area contributed by atoms with Crippen LogP contribution in [0.25, 0.3) is 0 Å². The van der Waals surface area contributed by atoms with Gasteiger partial charge in [0, 0.05) is 19.8 Å². The zero-order valence-corrected chi connectivity index (χ0v) is 9.94. The average molecular weight is 238 g/mol. The maximum absolute atomic E-state index is 11.8. The number of rotatable bonds is 3. The van der Waals surface area contributed by atoms with Crippen molar-refractivity contribution in [3.05, 3.63) is 11.9 Å². The lowest BCUT2D eigenvalue weighted by atomic mass is 10.0. The molecule has 17 heavy (non-hydrogen) atoms. The number of aryl methyl sites for hydroxylation is 1. The minimum Gasteiger partial charge on any atom is -0.396 e. The molecule has 0 bridgehead atoms. The third kappa shape index (κ3) is 2.58. The highest BCUT2D eigenvalue weighted by atomic mass is 16.3. The lowest BCUT2D eigenvalue weighted by Gasteiger charge is -2.21. The Morgan fingerprint density at radius 2 is 2.29 bits per heavy atom. The van der Waals surface area contributed by atoms with Gasteiger partial charge in [-0.15, -0.1) is 0 Å². The van der Waals surface area contributed by atoms with Crippen LogP contribution in [0.3, 0.4) is 0 Å². The molecule has 0 atom stereocenters. The number of nitrogens with one attached hydrogen (secondary N) is 1. The highest BCUT2D eigenvalue weighted by molar-refractivity contribution is 5.97. The van der Waals surface area contributed by atoms with Gasteiger partial charge in [-0.2, -0.15) is 5.10 Å². The molecule has 0 saturated heterocycles. The molecule has 1 aliphatic rings. The molecule has 1 aromatic heterocycles. The van der Waals surface area contributed by atoms with E-state index < -0.39 is 5.60 Å². The van der Waals surface area contributed by atoms with E-state index in [0.717, 1.165) is 25.7 Å². The van der Waals surface area contributed by atoms with E-state index in [1.54, 1.807) is 13.2 Å². The summed E-state index contributed by atoms with van der Waals surface area (Å²) in [5.74, 6) is -0.330. The number of aromatic nitrogens is 2. The number of amides is 1. The molecule has 1 heterocycles. The molecule has 0 unspecified atom stereocenters. The van der Waals surface area contributed by atoms with E-state index in [1.807, 2.05) is 0 Å². The second kappa shape index (κ2) is 4.37. The number of hydrogen-bond acceptors (Lipinski definition) is 4. The Balaban J connectivity index is 1.95. The molecule has 1 aliphatic carbocycles. The van der Waals surface area contributed by atoms with Crippen LogP contribution in [-0.2, 0) is 7.05 Å². The van der Waals surface area contributed by atoms with Crippen LogP contribution in [0.15, 0.2) is 6.20 Å². The van der Waals surface area contributed by atoms with Gasteiger partial charge in [0.05, 0.1) is 11.3 Å². The van der Waals surface area contributed by atoms with Crippen molar-refractivity contribution in [3.63, 3.8) is 0 Å². The second-order valence-corrected chi connectivity index (χ2v) is 4.72. The summed E-state index contributed by atoms with van der Waals surface area (Å²) in [6.07, 6.45) is 5.09. The summed E-state index contributed by atoms with van der Waals surface area (Å²) in [6, 6.07) is 0. The van der Waals surface area contributed by atoms with Gasteiger partial charge >= 0.3 is 0 Å². The maximum Gasteiger partial charge on any atom is 0.274 e. The SMILES string of the molecule is Cn1cc(N)c(C(=O)NCC2(O)CCCC2)n1. The van der Waals surface area contributed by atoms with Crippen molar-refractivity contribution >= 4 is 11.6 Å². The van der Waals surface area contributed by atoms with Gasteiger partial charge in [0.1, 0.15) is 0 Å². The summed E-state index contributed by atoms with van der Waals surface area (Å²) < 4.78 is 1.49. The Morgan fingerprint density at radius 3 is 2.82 bits per heavy atom. The lowest BCUT2D eigenvalue weighted by molar-refractivity contribution is 0.0448. The molecule has 1 saturated carbocycles. The van der Waals surface area contributed by atoms with Crippen molar-refractivity contribution in [3.8, 4) is 0 Å². The summed E-state index contributed by atoms with van der Waals surface area (Å²) in [5, 5.41) is 16.8. The van der Waals surface area contributed by atoms with Crippen LogP contribution in [0.1, 0.15) is 36.2 Å². The van der Waals surface area contributed by atoms with E-state index in [-0.39, 0.29) is 18.1 Å². The molecule has 0 spiro atoms. The van der Waals surface area contributed by atoms with Crippen molar-refractivity contribution in [2.24, 2.45) is 7.05 Å². The zero-order valence-electron chi connectivity index (χ0n) is 9.94. The van der Waals surface area contributed by atoms with Crippen molar-refractivity contribution < 1.29 is 9.90 Å². The van der Waals surface area contributed by atoms with Crippen LogP contribution < -0.4 is 11.1 Å². The van der Waals surface area contributed by atoms with Crippen LogP contribution in [0.2, 0.25) is 0 Å². The fourth-order valence-electron chi connectivity index (χ4n) is 2.22. The fraction of sp³-hybridized carbons (Fsp3) is 0.636. The quantitative estimate of drug-likeness (QED) is 0.693. The van der Waals surface area contributed by atoms with Crippen LogP contribution in [-0.4, -0.2) is 32.9 Å². The first kappa shape index (κ1) is 11.9. The van der Waals surface area contributed by atoms with E-state index in [9.17, 15) is 9.90 Å². The first-order valence-corrected chi connectivity index (χ1v) is 5.80. The van der Waals surface area contributed by atoms with Gasteiger partial charge in [-0.05, 0) is 12.8 Å². The first-order valence-electron chi connectivity index (χ1n) is 5.80. The topological polar surface area (TPSA) is 93.2 Å². The molecule has 0 aliphatic heterocycles. The molecule has 1 fully saturated rings. The molecule has 0 radical (unpaired) electrons. The predicted octanol–water partition coefficient (Wildman–Crippen LogP) is 0.0372. The number of aliphatic hydroxyl groups is 1.